The number of aryl methyl sites for hydroxylation is 7. The predicted octanol–water partition coefficient (Wildman–Crippen LogP) is 22.5. The average molecular weight is 1870 g/mol. The van der Waals surface area contributed by atoms with E-state index in [1.807, 2.05) is 41.5 Å². The molecule has 0 radical (unpaired) electrons. The highest BCUT2D eigenvalue weighted by Gasteiger charge is 2.51. The van der Waals surface area contributed by atoms with Crippen LogP contribution in [0.25, 0.3) is 64.4 Å². The molecule has 9 aliphatic heterocycles. The van der Waals surface area contributed by atoms with Crippen molar-refractivity contribution in [3.63, 3.8) is 0 Å². The smallest absolute Gasteiger partial charge is 0.407 e. The van der Waals surface area contributed by atoms with Gasteiger partial charge in [0.15, 0.2) is 0 Å². The molecule has 130 heavy (non-hydrogen) atoms. The minimum atomic E-state index is -0.539. The molecule has 9 saturated heterocycles. The van der Waals surface area contributed by atoms with Crippen molar-refractivity contribution in [3.8, 4) is 33.8 Å². The van der Waals surface area contributed by atoms with Gasteiger partial charge in [0.1, 0.15) is 25.7 Å². The fourth-order valence-electron chi connectivity index (χ4n) is 22.6. The Labute approximate surface area is 797 Å². The molecule has 24 heteroatoms. The van der Waals surface area contributed by atoms with Crippen LogP contribution in [-0.2, 0) is 59.4 Å². The van der Waals surface area contributed by atoms with Gasteiger partial charge in [-0.25, -0.2) is 9.59 Å². The van der Waals surface area contributed by atoms with Gasteiger partial charge in [-0.1, -0.05) is 51.6 Å². The number of aromatic amines is 3. The fourth-order valence-corrected chi connectivity index (χ4v) is 26.3. The lowest BCUT2D eigenvalue weighted by Gasteiger charge is -2.32. The number of hydrogen-bond donors (Lipinski definition) is 7. The van der Waals surface area contributed by atoms with Crippen LogP contribution in [0.1, 0.15) is 263 Å². The van der Waals surface area contributed by atoms with Crippen molar-refractivity contribution < 1.29 is 33.4 Å². The minimum absolute atomic E-state index is 0. The highest BCUT2D eigenvalue weighted by molar-refractivity contribution is 7.19. The summed E-state index contributed by atoms with van der Waals surface area (Å²) in [5.41, 5.74) is 22.5. The van der Waals surface area contributed by atoms with Crippen molar-refractivity contribution in [1.82, 2.24) is 55.4 Å². The van der Waals surface area contributed by atoms with E-state index in [1.165, 1.54) is 204 Å². The number of ether oxygens (including phenoxy) is 2. The number of piperidine rings is 3. The zero-order chi connectivity index (χ0) is 91.9. The van der Waals surface area contributed by atoms with Gasteiger partial charge in [0, 0.05) is 99.1 Å². The van der Waals surface area contributed by atoms with Crippen molar-refractivity contribution in [2.24, 2.45) is 23.5 Å². The molecule has 0 aliphatic carbocycles. The summed E-state index contributed by atoms with van der Waals surface area (Å²) < 4.78 is 10.6. The molecule has 0 atom stereocenters. The second-order valence-electron chi connectivity index (χ2n) is 43.2. The highest BCUT2D eigenvalue weighted by Crippen LogP contribution is 2.50. The SMILES string of the molecule is CC(C)(C)OC(=O)NCC1CCNCC1.Cc1cc(C)cc(-c2[nH]c3sc(C(C)(C)C(=O)N4C5CCC4CC5)cc3c2CCCl)c1.Cc1cc(C)cc(-c2[nH]c3sc(C(C)(C)C(=O)N4C5CCC4CC5)cc3c2CCN2CCC(CN)CC2)c1.Cc1cc(C)cc(-c2[nH]c3sc(C(C)(C)C(=O)N4C5CCC4CC5)cc3c2CCN2CCC(CNC(=O)OC(C)(C)C)CC2)c1.Cl. The van der Waals surface area contributed by atoms with Gasteiger partial charge in [-0.15, -0.1) is 58.0 Å². The summed E-state index contributed by atoms with van der Waals surface area (Å²) in [5, 5.41) is 12.9. The van der Waals surface area contributed by atoms with Crippen LogP contribution in [0.3, 0.4) is 0 Å². The summed E-state index contributed by atoms with van der Waals surface area (Å²) >= 11 is 11.5. The molecule has 9 fully saturated rings. The highest BCUT2D eigenvalue weighted by atomic mass is 35.5. The van der Waals surface area contributed by atoms with Crippen LogP contribution in [-0.4, -0.2) is 195 Å². The van der Waals surface area contributed by atoms with Crippen LogP contribution in [0.5, 0.6) is 0 Å². The number of rotatable bonds is 22. The Hall–Kier alpha value is -7.25. The molecular weight excluding hydrogens is 1720 g/mol. The number of alkyl carbamates (subject to hydrolysis) is 2. The lowest BCUT2D eigenvalue weighted by Crippen LogP contribution is -2.45. The Bertz CT molecular complexity index is 5360. The molecular formula is C106H150Cl2N12O7S3. The number of thiophene rings is 3. The van der Waals surface area contributed by atoms with Gasteiger partial charge in [0.05, 0.1) is 33.3 Å². The van der Waals surface area contributed by atoms with Gasteiger partial charge in [-0.3, -0.25) is 14.4 Å². The van der Waals surface area contributed by atoms with Crippen LogP contribution in [0.4, 0.5) is 9.59 Å². The summed E-state index contributed by atoms with van der Waals surface area (Å²) in [6.07, 6.45) is 23.1. The number of benzene rings is 3. The van der Waals surface area contributed by atoms with Gasteiger partial charge in [-0.05, 0) is 411 Å². The lowest BCUT2D eigenvalue weighted by molar-refractivity contribution is -0.138. The zero-order valence-electron chi connectivity index (χ0n) is 81.1. The van der Waals surface area contributed by atoms with Crippen molar-refractivity contribution in [2.75, 3.05) is 77.9 Å². The van der Waals surface area contributed by atoms with Gasteiger partial charge >= 0.3 is 12.2 Å². The molecule has 3 aromatic carbocycles. The van der Waals surface area contributed by atoms with Crippen molar-refractivity contribution in [2.45, 2.75) is 323 Å². The summed E-state index contributed by atoms with van der Waals surface area (Å²) in [4.78, 5) is 95.2. The van der Waals surface area contributed by atoms with Crippen molar-refractivity contribution in [3.05, 3.63) is 137 Å². The molecule has 708 valence electrons. The van der Waals surface area contributed by atoms with Gasteiger partial charge in [0.2, 0.25) is 17.7 Å². The third-order valence-corrected chi connectivity index (χ3v) is 33.9. The van der Waals surface area contributed by atoms with Crippen molar-refractivity contribution in [1.29, 1.82) is 0 Å². The first-order chi connectivity index (χ1) is 61.3. The first-order valence-electron chi connectivity index (χ1n) is 48.8. The zero-order valence-corrected chi connectivity index (χ0v) is 85.2. The molecule has 19 nitrogen and oxygen atoms in total. The number of nitrogens with zero attached hydrogens (tertiary/aromatic N) is 5. The molecule has 0 saturated carbocycles. The molecule has 15 heterocycles. The van der Waals surface area contributed by atoms with Crippen LogP contribution >= 0.6 is 58.0 Å². The molecule has 9 aromatic rings. The molecule has 0 unspecified atom stereocenters. The number of carbonyl (C=O) groups is 5. The number of H-pyrrole nitrogens is 3. The van der Waals surface area contributed by atoms with Crippen LogP contribution < -0.4 is 21.7 Å². The van der Waals surface area contributed by atoms with E-state index in [2.05, 4.69) is 211 Å². The lowest BCUT2D eigenvalue weighted by atomic mass is 9.88. The van der Waals surface area contributed by atoms with E-state index in [0.29, 0.717) is 84.2 Å². The van der Waals surface area contributed by atoms with Gasteiger partial charge in [-0.2, -0.15) is 0 Å². The number of nitrogens with two attached hydrogens (primary N) is 1. The number of carbonyl (C=O) groups excluding carboxylic acids is 5. The van der Waals surface area contributed by atoms with E-state index in [4.69, 9.17) is 26.8 Å². The summed E-state index contributed by atoms with van der Waals surface area (Å²) in [7, 11) is 0. The predicted molar refractivity (Wildman–Crippen MR) is 542 cm³/mol. The number of likely N-dealkylation sites (tertiary alicyclic amines) is 2. The Morgan fingerprint density at radius 2 is 0.662 bits per heavy atom. The van der Waals surface area contributed by atoms with E-state index >= 15 is 0 Å². The quantitative estimate of drug-likeness (QED) is 0.0316. The molecule has 8 N–H and O–H groups in total. The number of halogens is 2. The summed E-state index contributed by atoms with van der Waals surface area (Å²) in [5.74, 6) is 3.26. The molecule has 6 bridgehead atoms. The summed E-state index contributed by atoms with van der Waals surface area (Å²) in [6, 6.07) is 30.0. The Balaban J connectivity index is 0.000000147. The number of hydrogen-bond acceptors (Lipinski definition) is 14. The minimum Gasteiger partial charge on any atom is -0.444 e. The third-order valence-electron chi connectivity index (χ3n) is 29.6. The van der Waals surface area contributed by atoms with E-state index in [9.17, 15) is 24.0 Å². The van der Waals surface area contributed by atoms with Crippen LogP contribution in [0, 0.1) is 59.3 Å². The maximum absolute atomic E-state index is 14.0. The normalized spacial score (nSPS) is 21.1. The van der Waals surface area contributed by atoms with Crippen molar-refractivity contribution >= 4 is 119 Å². The first-order valence-corrected chi connectivity index (χ1v) is 51.8. The number of alkyl halides is 1. The van der Waals surface area contributed by atoms with Crippen LogP contribution in [0.15, 0.2) is 72.8 Å². The molecule has 9 aliphatic rings. The maximum Gasteiger partial charge on any atom is 0.407 e. The monoisotopic (exact) mass is 1870 g/mol. The van der Waals surface area contributed by atoms with E-state index in [-0.39, 0.29) is 24.6 Å². The summed E-state index contributed by atoms with van der Waals surface area (Å²) in [6.45, 7) is 47.7. The second-order valence-corrected chi connectivity index (χ2v) is 46.8. The Kier molecular flexibility index (Phi) is 31.2. The van der Waals surface area contributed by atoms with E-state index < -0.39 is 27.4 Å². The largest absolute Gasteiger partial charge is 0.444 e. The second kappa shape index (κ2) is 41.1. The van der Waals surface area contributed by atoms with Crippen LogP contribution in [0.2, 0.25) is 0 Å². The van der Waals surface area contributed by atoms with Gasteiger partial charge < -0.3 is 70.6 Å². The van der Waals surface area contributed by atoms with Gasteiger partial charge in [0.25, 0.3) is 0 Å². The average Bonchev–Trinajstić information content (AvgIpc) is 1.59. The maximum atomic E-state index is 14.0. The Morgan fingerprint density at radius 1 is 0.392 bits per heavy atom. The number of fused-ring (bicyclic) bond motifs is 9. The first kappa shape index (κ1) is 98.7. The molecule has 18 rings (SSSR count). The van der Waals surface area contributed by atoms with E-state index in [1.54, 1.807) is 34.0 Å². The third kappa shape index (κ3) is 22.4. The standard InChI is InChI=1S/C37H52N4O3S.C32H44N4OS.C26H31ClN2OS.C11H22N2O2.ClH/c1-23-18-24(2)20-26(19-23)32-29(14-17-40-15-12-25(13-16-40)22-38-35(43)44-36(3,4)5)30-21-31(45-33(30)39-32)37(6,7)34(42)41-27-8-9-28(41)11-10-27;1-20-15-21(2)17-23(16-20)29-26(11-14-35-12-9-22(19-33)10-13-35)27-18-28(38-30(27)34-29)32(3,4)31(37)36-24-5-6-25(36)8-7-24;1-15-11-16(2)13-17(12-15)23-20(9-10-27)21-14-22(31-24(21)28-23)26(3,4)25(30)29-18-5-6-19(29)8-7-18;1-11(2,3)15-10(14)13-8-9-4-6-12-7-5-9;/h18-21,25,27-28,39H,8-17,22H2,1-7H3,(H,38,43);15-18,22,24-25,34H,5-14,19,33H2,1-4H3;11-14,18-19,28H,5-10H2,1-4H3;9,12H,4-8H2,1-3H3,(H,13,14);1H. The number of amides is 5. The Morgan fingerprint density at radius 3 is 0.931 bits per heavy atom. The molecule has 0 spiro atoms. The number of aromatic nitrogens is 3. The van der Waals surface area contributed by atoms with E-state index in [0.717, 1.165) is 125 Å². The fraction of sp³-hybridized carbons (Fsp3) is 0.613. The molecule has 5 amide bonds. The number of nitrogens with one attached hydrogen (secondary N) is 6. The topological polar surface area (TPSA) is 229 Å². The molecule has 6 aromatic heterocycles.